The third kappa shape index (κ3) is 4.21. The molecule has 0 atom stereocenters. The number of methoxy groups -OCH3 is 1. The molecule has 170 valence electrons. The molecule has 34 heavy (non-hydrogen) atoms. The zero-order chi connectivity index (χ0) is 24.1. The molecule has 0 saturated heterocycles. The largest absolute Gasteiger partial charge is 0.493 e. The molecule has 0 aliphatic carbocycles. The predicted octanol–water partition coefficient (Wildman–Crippen LogP) is 4.60. The predicted molar refractivity (Wildman–Crippen MR) is 127 cm³/mol. The highest BCUT2D eigenvalue weighted by molar-refractivity contribution is 6.05. The van der Waals surface area contributed by atoms with Gasteiger partial charge in [-0.3, -0.25) is 9.20 Å². The van der Waals surface area contributed by atoms with E-state index in [4.69, 9.17) is 14.2 Å². The smallest absolute Gasteiger partial charge is 0.340 e. The number of nitriles is 1. The van der Waals surface area contributed by atoms with Gasteiger partial charge in [-0.05, 0) is 42.3 Å². The SMILES string of the molecule is CCOC(=O)c1c(-c2ccc(OC)c(OCc3ccccc3)c2)c(C#N)c(=O)n2ccccc12. The summed E-state index contributed by atoms with van der Waals surface area (Å²) < 4.78 is 18.0. The first kappa shape index (κ1) is 22.6. The summed E-state index contributed by atoms with van der Waals surface area (Å²) in [7, 11) is 1.53. The fraction of sp³-hybridized carbons (Fsp3) is 0.148. The number of carbonyl (C=O) groups excluding carboxylic acids is 1. The molecule has 2 heterocycles. The van der Waals surface area contributed by atoms with Gasteiger partial charge in [0.25, 0.3) is 5.56 Å². The molecule has 7 nitrogen and oxygen atoms in total. The van der Waals surface area contributed by atoms with Crippen molar-refractivity contribution in [2.24, 2.45) is 0 Å². The summed E-state index contributed by atoms with van der Waals surface area (Å²) in [6.45, 7) is 2.13. The van der Waals surface area contributed by atoms with Crippen LogP contribution in [0, 0.1) is 11.3 Å². The van der Waals surface area contributed by atoms with E-state index in [9.17, 15) is 14.9 Å². The van der Waals surface area contributed by atoms with E-state index < -0.39 is 11.5 Å². The number of hydrogen-bond acceptors (Lipinski definition) is 6. The molecule has 0 radical (unpaired) electrons. The van der Waals surface area contributed by atoms with E-state index in [1.807, 2.05) is 36.4 Å². The lowest BCUT2D eigenvalue weighted by atomic mass is 9.94. The van der Waals surface area contributed by atoms with Gasteiger partial charge in [0.05, 0.1) is 24.8 Å². The Labute approximate surface area is 196 Å². The highest BCUT2D eigenvalue weighted by Gasteiger charge is 2.25. The molecule has 2 aromatic heterocycles. The van der Waals surface area contributed by atoms with Crippen molar-refractivity contribution >= 4 is 11.5 Å². The van der Waals surface area contributed by atoms with Crippen LogP contribution in [-0.2, 0) is 11.3 Å². The molecule has 4 aromatic rings. The minimum absolute atomic E-state index is 0.137. The van der Waals surface area contributed by atoms with E-state index in [2.05, 4.69) is 0 Å². The van der Waals surface area contributed by atoms with Gasteiger partial charge in [0.15, 0.2) is 11.5 Å². The summed E-state index contributed by atoms with van der Waals surface area (Å²) in [6.07, 6.45) is 1.52. The van der Waals surface area contributed by atoms with Gasteiger partial charge in [-0.2, -0.15) is 5.26 Å². The summed E-state index contributed by atoms with van der Waals surface area (Å²) >= 11 is 0. The average molecular weight is 454 g/mol. The van der Waals surface area contributed by atoms with E-state index in [1.165, 1.54) is 17.7 Å². The summed E-state index contributed by atoms with van der Waals surface area (Å²) in [5.41, 5.74) is 1.43. The number of carbonyl (C=O) groups is 1. The summed E-state index contributed by atoms with van der Waals surface area (Å²) in [4.78, 5) is 26.2. The van der Waals surface area contributed by atoms with E-state index in [-0.39, 0.29) is 29.9 Å². The lowest BCUT2D eigenvalue weighted by Gasteiger charge is -2.17. The van der Waals surface area contributed by atoms with Crippen LogP contribution in [0.2, 0.25) is 0 Å². The van der Waals surface area contributed by atoms with Gasteiger partial charge in [-0.15, -0.1) is 0 Å². The minimum Gasteiger partial charge on any atom is -0.493 e. The van der Waals surface area contributed by atoms with E-state index in [0.717, 1.165) is 5.56 Å². The van der Waals surface area contributed by atoms with Crippen LogP contribution < -0.4 is 15.0 Å². The first-order valence-corrected chi connectivity index (χ1v) is 10.7. The van der Waals surface area contributed by atoms with Gasteiger partial charge in [0, 0.05) is 11.8 Å². The highest BCUT2D eigenvalue weighted by atomic mass is 16.5. The second-order valence-electron chi connectivity index (χ2n) is 7.36. The number of esters is 1. The van der Waals surface area contributed by atoms with E-state index in [0.29, 0.717) is 22.6 Å². The zero-order valence-electron chi connectivity index (χ0n) is 18.8. The quantitative estimate of drug-likeness (QED) is 0.379. The first-order valence-electron chi connectivity index (χ1n) is 10.7. The van der Waals surface area contributed by atoms with Crippen molar-refractivity contribution in [2.45, 2.75) is 13.5 Å². The minimum atomic E-state index is -0.625. The summed E-state index contributed by atoms with van der Waals surface area (Å²) in [6, 6.07) is 21.7. The van der Waals surface area contributed by atoms with Gasteiger partial charge < -0.3 is 14.2 Å². The molecule has 0 N–H and O–H groups in total. The molecule has 0 saturated carbocycles. The van der Waals surface area contributed by atoms with Crippen LogP contribution in [0.1, 0.15) is 28.4 Å². The van der Waals surface area contributed by atoms with Crippen molar-refractivity contribution < 1.29 is 19.0 Å². The molecule has 7 heteroatoms. The average Bonchev–Trinajstić information content (AvgIpc) is 2.88. The van der Waals surface area contributed by atoms with Gasteiger partial charge >= 0.3 is 5.97 Å². The van der Waals surface area contributed by atoms with Crippen molar-refractivity contribution in [3.8, 4) is 28.7 Å². The van der Waals surface area contributed by atoms with Crippen molar-refractivity contribution in [2.75, 3.05) is 13.7 Å². The Kier molecular flexibility index (Phi) is 6.60. The Bertz CT molecular complexity index is 1450. The fourth-order valence-electron chi connectivity index (χ4n) is 3.79. The number of ether oxygens (including phenoxy) is 3. The van der Waals surface area contributed by atoms with Crippen LogP contribution in [0.4, 0.5) is 0 Å². The maximum Gasteiger partial charge on any atom is 0.340 e. The van der Waals surface area contributed by atoms with E-state index >= 15 is 0 Å². The van der Waals surface area contributed by atoms with Crippen LogP contribution in [-0.4, -0.2) is 24.1 Å². The zero-order valence-corrected chi connectivity index (χ0v) is 18.8. The summed E-state index contributed by atoms with van der Waals surface area (Å²) in [5, 5.41) is 9.91. The molecule has 0 aliphatic rings. The molecule has 0 aliphatic heterocycles. The second kappa shape index (κ2) is 9.92. The lowest BCUT2D eigenvalue weighted by Crippen LogP contribution is -2.22. The molecule has 0 amide bonds. The topological polar surface area (TPSA) is 90.0 Å². The third-order valence-corrected chi connectivity index (χ3v) is 5.33. The number of pyridine rings is 2. The van der Waals surface area contributed by atoms with Gasteiger partial charge in [-0.25, -0.2) is 4.79 Å². The van der Waals surface area contributed by atoms with Crippen LogP contribution >= 0.6 is 0 Å². The fourth-order valence-corrected chi connectivity index (χ4v) is 3.79. The Hall–Kier alpha value is -4.57. The molecule has 0 spiro atoms. The normalized spacial score (nSPS) is 10.5. The van der Waals surface area contributed by atoms with Crippen LogP contribution in [0.15, 0.2) is 77.7 Å². The van der Waals surface area contributed by atoms with Crippen LogP contribution in [0.5, 0.6) is 11.5 Å². The van der Waals surface area contributed by atoms with Crippen LogP contribution in [0.3, 0.4) is 0 Å². The standard InChI is InChI=1S/C27H22N2O5/c1-3-33-27(31)25-21-11-7-8-14-29(21)26(30)20(16-28)24(25)19-12-13-22(32-2)23(15-19)34-17-18-9-5-4-6-10-18/h4-15H,3,17H2,1-2H3. The molecular formula is C27H22N2O5. The molecule has 2 aromatic carbocycles. The second-order valence-corrected chi connectivity index (χ2v) is 7.36. The monoisotopic (exact) mass is 454 g/mol. The molecule has 0 bridgehead atoms. The Morgan fingerprint density at radius 2 is 1.79 bits per heavy atom. The van der Waals surface area contributed by atoms with Gasteiger partial charge in [0.2, 0.25) is 0 Å². The maximum absolute atomic E-state index is 13.1. The number of fused-ring (bicyclic) bond motifs is 1. The molecule has 4 rings (SSSR count). The van der Waals surface area contributed by atoms with Crippen molar-refractivity contribution in [1.29, 1.82) is 5.26 Å². The number of benzene rings is 2. The third-order valence-electron chi connectivity index (χ3n) is 5.33. The highest BCUT2D eigenvalue weighted by Crippen LogP contribution is 2.36. The number of rotatable bonds is 7. The van der Waals surface area contributed by atoms with Crippen molar-refractivity contribution in [1.82, 2.24) is 4.40 Å². The molecule has 0 unspecified atom stereocenters. The summed E-state index contributed by atoms with van der Waals surface area (Å²) in [5.74, 6) is 0.268. The Morgan fingerprint density at radius 1 is 1.03 bits per heavy atom. The Balaban J connectivity index is 1.94. The Morgan fingerprint density at radius 3 is 2.50 bits per heavy atom. The first-order chi connectivity index (χ1) is 16.6. The van der Waals surface area contributed by atoms with E-state index in [1.54, 1.807) is 43.3 Å². The molecular weight excluding hydrogens is 432 g/mol. The van der Waals surface area contributed by atoms with Crippen LogP contribution in [0.25, 0.3) is 16.6 Å². The van der Waals surface area contributed by atoms with Gasteiger partial charge in [0.1, 0.15) is 18.2 Å². The van der Waals surface area contributed by atoms with Gasteiger partial charge in [-0.1, -0.05) is 42.5 Å². The number of nitrogens with zero attached hydrogens (tertiary/aromatic N) is 2. The molecule has 0 fully saturated rings. The van der Waals surface area contributed by atoms with Crippen molar-refractivity contribution in [3.63, 3.8) is 0 Å². The van der Waals surface area contributed by atoms with Crippen molar-refractivity contribution in [3.05, 3.63) is 100.0 Å². The number of aromatic nitrogens is 1. The lowest BCUT2D eigenvalue weighted by molar-refractivity contribution is 0.0529. The maximum atomic E-state index is 13.1. The number of hydrogen-bond donors (Lipinski definition) is 0.